The van der Waals surface area contributed by atoms with E-state index in [2.05, 4.69) is 0 Å². The number of hydrogen-bond acceptors (Lipinski definition) is 4. The summed E-state index contributed by atoms with van der Waals surface area (Å²) in [4.78, 5) is 6.11. The first-order valence-electron chi connectivity index (χ1n) is 6.93. The summed E-state index contributed by atoms with van der Waals surface area (Å²) < 4.78 is 23.1. The monoisotopic (exact) mass is 333 g/mol. The van der Waals surface area contributed by atoms with Gasteiger partial charge in [-0.25, -0.2) is 8.42 Å². The van der Waals surface area contributed by atoms with Crippen molar-refractivity contribution in [1.82, 2.24) is 5.06 Å². The van der Waals surface area contributed by atoms with Gasteiger partial charge in [0.1, 0.15) is 0 Å². The van der Waals surface area contributed by atoms with E-state index in [1.807, 2.05) is 37.4 Å². The van der Waals surface area contributed by atoms with Crippen molar-refractivity contribution in [3.63, 3.8) is 0 Å². The highest BCUT2D eigenvalue weighted by Gasteiger charge is 2.24. The molecule has 0 aromatic heterocycles. The maximum Gasteiger partial charge on any atom is 0.175 e. The minimum absolute atomic E-state index is 0. The molecule has 2 N–H and O–H groups in total. The van der Waals surface area contributed by atoms with Crippen LogP contribution < -0.4 is 0 Å². The SMILES string of the molecule is CN1CC(c2ccccc2)=C(c2ccc(S(C)(=O)=O)cc2)O1.O. The quantitative estimate of drug-likeness (QED) is 0.861. The van der Waals surface area contributed by atoms with Gasteiger partial charge in [-0.15, -0.1) is 5.06 Å². The minimum Gasteiger partial charge on any atom is -0.412 e. The molecule has 0 amide bonds. The molecule has 0 atom stereocenters. The number of hydroxylamine groups is 2. The van der Waals surface area contributed by atoms with Crippen molar-refractivity contribution in [2.75, 3.05) is 19.8 Å². The van der Waals surface area contributed by atoms with Crippen LogP contribution in [0, 0.1) is 0 Å². The number of likely N-dealkylation sites (N-methyl/N-ethyl adjacent to an activating group) is 1. The van der Waals surface area contributed by atoms with Gasteiger partial charge in [-0.05, 0) is 29.8 Å². The number of nitrogens with zero attached hydrogens (tertiary/aromatic N) is 1. The van der Waals surface area contributed by atoms with Gasteiger partial charge < -0.3 is 10.3 Å². The predicted molar refractivity (Wildman–Crippen MR) is 90.1 cm³/mol. The van der Waals surface area contributed by atoms with Crippen molar-refractivity contribution in [3.05, 3.63) is 65.7 Å². The van der Waals surface area contributed by atoms with Crippen molar-refractivity contribution in [3.8, 4) is 0 Å². The Morgan fingerprint density at radius 3 is 2.13 bits per heavy atom. The molecule has 0 fully saturated rings. The average molecular weight is 333 g/mol. The molecule has 0 unspecified atom stereocenters. The molecule has 3 rings (SSSR count). The first kappa shape index (κ1) is 17.2. The van der Waals surface area contributed by atoms with E-state index in [4.69, 9.17) is 4.84 Å². The first-order valence-corrected chi connectivity index (χ1v) is 8.82. The van der Waals surface area contributed by atoms with Crippen molar-refractivity contribution in [1.29, 1.82) is 0 Å². The first-order chi connectivity index (χ1) is 10.4. The Hall–Kier alpha value is -2.15. The average Bonchev–Trinajstić information content (AvgIpc) is 2.89. The molecule has 122 valence electrons. The third-order valence-corrected chi connectivity index (χ3v) is 4.70. The van der Waals surface area contributed by atoms with E-state index in [1.54, 1.807) is 29.3 Å². The molecule has 5 nitrogen and oxygen atoms in total. The Morgan fingerprint density at radius 1 is 0.957 bits per heavy atom. The molecule has 6 heteroatoms. The van der Waals surface area contributed by atoms with Crippen LogP contribution >= 0.6 is 0 Å². The molecule has 0 saturated carbocycles. The molecule has 0 spiro atoms. The van der Waals surface area contributed by atoms with E-state index < -0.39 is 9.84 Å². The Morgan fingerprint density at radius 2 is 1.57 bits per heavy atom. The van der Waals surface area contributed by atoms with Crippen LogP contribution in [0.2, 0.25) is 0 Å². The maximum absolute atomic E-state index is 11.6. The molecule has 1 aliphatic heterocycles. The van der Waals surface area contributed by atoms with E-state index in [9.17, 15) is 8.42 Å². The Balaban J connectivity index is 0.00000192. The molecule has 0 saturated heterocycles. The third-order valence-electron chi connectivity index (χ3n) is 3.57. The van der Waals surface area contributed by atoms with E-state index in [-0.39, 0.29) is 5.48 Å². The number of sulfone groups is 1. The van der Waals surface area contributed by atoms with E-state index in [0.29, 0.717) is 11.4 Å². The van der Waals surface area contributed by atoms with E-state index in [1.165, 1.54) is 6.26 Å². The molecular weight excluding hydrogens is 314 g/mol. The minimum atomic E-state index is -3.19. The largest absolute Gasteiger partial charge is 0.412 e. The lowest BCUT2D eigenvalue weighted by Gasteiger charge is -2.10. The lowest BCUT2D eigenvalue weighted by Crippen LogP contribution is -2.12. The summed E-state index contributed by atoms with van der Waals surface area (Å²) in [5, 5.41) is 1.77. The normalized spacial score (nSPS) is 15.2. The molecule has 0 bridgehead atoms. The predicted octanol–water partition coefficient (Wildman–Crippen LogP) is 2.01. The highest BCUT2D eigenvalue weighted by molar-refractivity contribution is 7.90. The molecule has 23 heavy (non-hydrogen) atoms. The summed E-state index contributed by atoms with van der Waals surface area (Å²) in [6.45, 7) is 0.688. The summed E-state index contributed by atoms with van der Waals surface area (Å²) >= 11 is 0. The third kappa shape index (κ3) is 3.61. The molecule has 1 aliphatic rings. The van der Waals surface area contributed by atoms with Gasteiger partial charge in [0, 0.05) is 24.4 Å². The van der Waals surface area contributed by atoms with E-state index >= 15 is 0 Å². The second-order valence-corrected chi connectivity index (χ2v) is 7.36. The summed E-state index contributed by atoms with van der Waals surface area (Å²) in [5.74, 6) is 0.772. The van der Waals surface area contributed by atoms with Crippen LogP contribution in [0.1, 0.15) is 11.1 Å². The Bertz CT molecular complexity index is 811. The van der Waals surface area contributed by atoms with Gasteiger partial charge in [-0.3, -0.25) is 0 Å². The fraction of sp³-hybridized carbons (Fsp3) is 0.176. The van der Waals surface area contributed by atoms with Crippen LogP contribution in [0.5, 0.6) is 0 Å². The van der Waals surface area contributed by atoms with Crippen LogP contribution in [-0.4, -0.2) is 38.8 Å². The zero-order valence-corrected chi connectivity index (χ0v) is 13.8. The highest BCUT2D eigenvalue weighted by Crippen LogP contribution is 2.34. The summed E-state index contributed by atoms with van der Waals surface area (Å²) in [6, 6.07) is 16.8. The zero-order valence-electron chi connectivity index (χ0n) is 13.0. The summed E-state index contributed by atoms with van der Waals surface area (Å²) in [6.07, 6.45) is 1.20. The Kier molecular flexibility index (Phi) is 4.89. The molecular formula is C17H19NO4S. The van der Waals surface area contributed by atoms with Crippen LogP contribution in [0.15, 0.2) is 59.5 Å². The summed E-state index contributed by atoms with van der Waals surface area (Å²) in [5.41, 5.74) is 3.07. The maximum atomic E-state index is 11.6. The zero-order chi connectivity index (χ0) is 15.7. The lowest BCUT2D eigenvalue weighted by atomic mass is 10.0. The highest BCUT2D eigenvalue weighted by atomic mass is 32.2. The molecule has 2 aromatic rings. The van der Waals surface area contributed by atoms with Crippen molar-refractivity contribution >= 4 is 21.2 Å². The van der Waals surface area contributed by atoms with Gasteiger partial charge in [0.15, 0.2) is 15.6 Å². The topological polar surface area (TPSA) is 78.1 Å². The van der Waals surface area contributed by atoms with Gasteiger partial charge in [-0.1, -0.05) is 30.3 Å². The number of rotatable bonds is 3. The molecule has 0 radical (unpaired) electrons. The van der Waals surface area contributed by atoms with Crippen LogP contribution in [-0.2, 0) is 14.7 Å². The van der Waals surface area contributed by atoms with Crippen LogP contribution in [0.3, 0.4) is 0 Å². The van der Waals surface area contributed by atoms with Gasteiger partial charge in [0.25, 0.3) is 0 Å². The van der Waals surface area contributed by atoms with Crippen molar-refractivity contribution in [2.45, 2.75) is 4.90 Å². The second-order valence-electron chi connectivity index (χ2n) is 5.35. The molecule has 2 aromatic carbocycles. The van der Waals surface area contributed by atoms with Crippen LogP contribution in [0.25, 0.3) is 11.3 Å². The van der Waals surface area contributed by atoms with Gasteiger partial charge in [0.2, 0.25) is 0 Å². The van der Waals surface area contributed by atoms with E-state index in [0.717, 1.165) is 22.5 Å². The van der Waals surface area contributed by atoms with Crippen molar-refractivity contribution in [2.24, 2.45) is 0 Å². The lowest BCUT2D eigenvalue weighted by molar-refractivity contribution is -0.0335. The standard InChI is InChI=1S/C17H17NO3S.H2O/c1-18-12-16(13-6-4-3-5-7-13)17(21-18)14-8-10-15(11-9-14)22(2,19)20;/h3-11H,12H2,1-2H3;1H2. The molecule has 0 aliphatic carbocycles. The van der Waals surface area contributed by atoms with Gasteiger partial charge in [0.05, 0.1) is 11.4 Å². The Labute approximate surface area is 136 Å². The fourth-order valence-corrected chi connectivity index (χ4v) is 3.11. The van der Waals surface area contributed by atoms with Gasteiger partial charge >= 0.3 is 0 Å². The molecule has 1 heterocycles. The van der Waals surface area contributed by atoms with Crippen molar-refractivity contribution < 1.29 is 18.7 Å². The fourth-order valence-electron chi connectivity index (χ4n) is 2.48. The number of benzene rings is 2. The summed E-state index contributed by atoms with van der Waals surface area (Å²) in [7, 11) is -1.31. The smallest absolute Gasteiger partial charge is 0.175 e. The van der Waals surface area contributed by atoms with Crippen LogP contribution in [0.4, 0.5) is 0 Å². The van der Waals surface area contributed by atoms with Gasteiger partial charge in [-0.2, -0.15) is 0 Å². The second kappa shape index (κ2) is 6.54. The number of hydrogen-bond donors (Lipinski definition) is 0.